The summed E-state index contributed by atoms with van der Waals surface area (Å²) in [4.78, 5) is 17.5. The molecule has 0 aliphatic heterocycles. The first-order valence-corrected chi connectivity index (χ1v) is 6.22. The van der Waals surface area contributed by atoms with E-state index < -0.39 is 30.9 Å². The maximum atomic E-state index is 11.1. The van der Waals surface area contributed by atoms with Crippen LogP contribution in [0.3, 0.4) is 0 Å². The molecule has 1 atom stereocenters. The number of aliphatic carboxylic acids is 2. The molecule has 0 aromatic heterocycles. The first-order valence-electron chi connectivity index (χ1n) is 3.84. The second-order valence-corrected chi connectivity index (χ2v) is 7.21. The molecule has 0 amide bonds. The normalized spacial score (nSPS) is 16.7. The van der Waals surface area contributed by atoms with Crippen molar-refractivity contribution in [2.24, 2.45) is 5.41 Å². The van der Waals surface area contributed by atoms with Crippen molar-refractivity contribution in [3.05, 3.63) is 0 Å². The summed E-state index contributed by atoms with van der Waals surface area (Å²) in [5.41, 5.74) is -2.27. The Morgan fingerprint density at radius 1 is 1.00 bits per heavy atom. The summed E-state index contributed by atoms with van der Waals surface area (Å²) in [6.45, 7) is 0.958. The third-order valence-corrected chi connectivity index (χ3v) is 5.10. The van der Waals surface area contributed by atoms with Gasteiger partial charge in [0, 0.05) is 0 Å². The van der Waals surface area contributed by atoms with Gasteiger partial charge in [-0.25, -0.2) is 9.59 Å². The summed E-state index contributed by atoms with van der Waals surface area (Å²) in [6, 6.07) is 0. The highest BCUT2D eigenvalue weighted by Crippen LogP contribution is 2.58. The predicted octanol–water partition coefficient (Wildman–Crippen LogP) is 3.31. The highest BCUT2D eigenvalue weighted by Gasteiger charge is 2.70. The molecule has 10 heteroatoms. The zero-order chi connectivity index (χ0) is 14.2. The lowest BCUT2D eigenvalue weighted by Crippen LogP contribution is -2.62. The molecular formula is C7H6Cl6O4. The molecule has 0 aromatic carbocycles. The Morgan fingerprint density at radius 2 is 1.29 bits per heavy atom. The summed E-state index contributed by atoms with van der Waals surface area (Å²) < 4.78 is -2.42. The molecule has 0 fully saturated rings. The minimum absolute atomic E-state index is 0.958. The predicted molar refractivity (Wildman–Crippen MR) is 67.7 cm³/mol. The van der Waals surface area contributed by atoms with Crippen LogP contribution in [0.4, 0.5) is 0 Å². The number of hydrogen-bond donors (Lipinski definition) is 2. The minimum Gasteiger partial charge on any atom is -0.479 e. The van der Waals surface area contributed by atoms with Crippen LogP contribution in [0.2, 0.25) is 0 Å². The number of alkyl halides is 6. The van der Waals surface area contributed by atoms with E-state index >= 15 is 0 Å². The number of carboxylic acids is 2. The molecule has 1 unspecified atom stereocenters. The number of hydrogen-bond acceptors (Lipinski definition) is 2. The van der Waals surface area contributed by atoms with Crippen molar-refractivity contribution in [1.29, 1.82) is 0 Å². The monoisotopic (exact) mass is 364 g/mol. The second kappa shape index (κ2) is 5.35. The Bertz CT molecular complexity index is 324. The number of carboxylic acid groups (broad SMARTS) is 2. The molecule has 0 aliphatic rings. The average Bonchev–Trinajstić information content (AvgIpc) is 2.12. The fourth-order valence-corrected chi connectivity index (χ4v) is 3.26. The summed E-state index contributed by atoms with van der Waals surface area (Å²) in [5.74, 6) is -3.88. The number of halogens is 6. The molecule has 0 aliphatic carbocycles. The van der Waals surface area contributed by atoms with E-state index in [4.69, 9.17) is 79.8 Å². The molecule has 2 N–H and O–H groups in total. The van der Waals surface area contributed by atoms with Crippen molar-refractivity contribution in [1.82, 2.24) is 0 Å². The van der Waals surface area contributed by atoms with Crippen LogP contribution in [0.25, 0.3) is 0 Å². The van der Waals surface area contributed by atoms with Gasteiger partial charge in [0.05, 0.1) is 5.41 Å². The Hall–Kier alpha value is 0.680. The standard InChI is InChI=1S/C7H6Cl6O4/c1-5(2(8)9,7(11,12)13)6(10,3(14)15)4(16)17/h2H,1H3,(H,14,15)(H,16,17). The molecule has 0 spiro atoms. The average molecular weight is 367 g/mol. The van der Waals surface area contributed by atoms with Gasteiger partial charge in [-0.1, -0.05) is 46.4 Å². The Balaban J connectivity index is 6.11. The van der Waals surface area contributed by atoms with Gasteiger partial charge in [0.2, 0.25) is 8.67 Å². The van der Waals surface area contributed by atoms with E-state index in [0.29, 0.717) is 0 Å². The van der Waals surface area contributed by atoms with Crippen molar-refractivity contribution < 1.29 is 19.8 Å². The third-order valence-electron chi connectivity index (χ3n) is 2.33. The van der Waals surface area contributed by atoms with Gasteiger partial charge in [0.15, 0.2) is 0 Å². The van der Waals surface area contributed by atoms with Gasteiger partial charge in [-0.15, -0.1) is 23.2 Å². The summed E-state index contributed by atoms with van der Waals surface area (Å²) >= 11 is 33.3. The van der Waals surface area contributed by atoms with Crippen LogP contribution in [-0.4, -0.2) is 35.7 Å². The first-order chi connectivity index (χ1) is 7.33. The SMILES string of the molecule is CC(C(Cl)Cl)(C(Cl)(Cl)Cl)C(Cl)(C(=O)O)C(=O)O. The quantitative estimate of drug-likeness (QED) is 0.591. The van der Waals surface area contributed by atoms with Crippen LogP contribution in [0, 0.1) is 5.41 Å². The van der Waals surface area contributed by atoms with Gasteiger partial charge < -0.3 is 10.2 Å². The van der Waals surface area contributed by atoms with Crippen LogP contribution in [0.1, 0.15) is 6.92 Å². The van der Waals surface area contributed by atoms with Crippen LogP contribution in [0.15, 0.2) is 0 Å². The largest absolute Gasteiger partial charge is 0.479 e. The van der Waals surface area contributed by atoms with E-state index in [1.165, 1.54) is 0 Å². The van der Waals surface area contributed by atoms with E-state index in [0.717, 1.165) is 6.92 Å². The molecule has 0 rings (SSSR count). The van der Waals surface area contributed by atoms with Crippen molar-refractivity contribution in [3.63, 3.8) is 0 Å². The van der Waals surface area contributed by atoms with Crippen molar-refractivity contribution >= 4 is 81.5 Å². The molecule has 0 radical (unpaired) electrons. The minimum atomic E-state index is -2.99. The van der Waals surface area contributed by atoms with Crippen LogP contribution in [-0.2, 0) is 9.59 Å². The molecule has 0 aromatic rings. The van der Waals surface area contributed by atoms with E-state index in [1.807, 2.05) is 0 Å². The summed E-state index contributed by atoms with van der Waals surface area (Å²) in [7, 11) is 0. The van der Waals surface area contributed by atoms with Gasteiger partial charge in [-0.2, -0.15) is 0 Å². The first kappa shape index (κ1) is 17.7. The fourth-order valence-electron chi connectivity index (χ4n) is 1.01. The maximum absolute atomic E-state index is 11.1. The molecule has 100 valence electrons. The lowest BCUT2D eigenvalue weighted by atomic mass is 9.78. The zero-order valence-corrected chi connectivity index (χ0v) is 12.6. The molecule has 0 saturated carbocycles. The third kappa shape index (κ3) is 2.67. The van der Waals surface area contributed by atoms with Crippen LogP contribution >= 0.6 is 69.6 Å². The van der Waals surface area contributed by atoms with Crippen molar-refractivity contribution in [3.8, 4) is 0 Å². The second-order valence-electron chi connectivity index (χ2n) is 3.27. The van der Waals surface area contributed by atoms with Gasteiger partial charge in [-0.05, 0) is 6.92 Å². The van der Waals surface area contributed by atoms with Gasteiger partial charge >= 0.3 is 11.9 Å². The van der Waals surface area contributed by atoms with E-state index in [2.05, 4.69) is 0 Å². The van der Waals surface area contributed by atoms with Crippen molar-refractivity contribution in [2.45, 2.75) is 20.4 Å². The van der Waals surface area contributed by atoms with Crippen LogP contribution < -0.4 is 0 Å². The van der Waals surface area contributed by atoms with E-state index in [9.17, 15) is 9.59 Å². The Morgan fingerprint density at radius 3 is 1.35 bits per heavy atom. The van der Waals surface area contributed by atoms with Gasteiger partial charge in [-0.3, -0.25) is 0 Å². The molecule has 0 saturated heterocycles. The zero-order valence-electron chi connectivity index (χ0n) is 8.06. The maximum Gasteiger partial charge on any atom is 0.337 e. The lowest BCUT2D eigenvalue weighted by Gasteiger charge is -2.44. The van der Waals surface area contributed by atoms with E-state index in [1.54, 1.807) is 0 Å². The number of carbonyl (C=O) groups is 2. The Labute approximate surface area is 127 Å². The lowest BCUT2D eigenvalue weighted by molar-refractivity contribution is -0.157. The van der Waals surface area contributed by atoms with Gasteiger partial charge in [0.25, 0.3) is 0 Å². The highest BCUT2D eigenvalue weighted by molar-refractivity contribution is 6.70. The molecule has 17 heavy (non-hydrogen) atoms. The number of rotatable bonds is 4. The smallest absolute Gasteiger partial charge is 0.337 e. The summed E-state index contributed by atoms with van der Waals surface area (Å²) in [6.07, 6.45) is 0. The summed E-state index contributed by atoms with van der Waals surface area (Å²) in [5, 5.41) is 17.9. The van der Waals surface area contributed by atoms with E-state index in [-0.39, 0.29) is 0 Å². The topological polar surface area (TPSA) is 74.6 Å². The fraction of sp³-hybridized carbons (Fsp3) is 0.714. The highest BCUT2D eigenvalue weighted by atomic mass is 35.6. The molecule has 0 bridgehead atoms. The van der Waals surface area contributed by atoms with Crippen LogP contribution in [0.5, 0.6) is 0 Å². The molecule has 4 nitrogen and oxygen atoms in total. The van der Waals surface area contributed by atoms with Gasteiger partial charge in [0.1, 0.15) is 4.84 Å². The molecule has 0 heterocycles. The molecular weight excluding hydrogens is 361 g/mol. The Kier molecular flexibility index (Phi) is 5.57. The van der Waals surface area contributed by atoms with Crippen molar-refractivity contribution in [2.75, 3.05) is 0 Å².